The monoisotopic (exact) mass is 870 g/mol. The van der Waals surface area contributed by atoms with Crippen LogP contribution in [-0.2, 0) is 10.8 Å². The SMILES string of the molecule is Cc1ccc2c(c1)c1cc(C)cc3c1n2-c1ccc(-c2ccc(N(c4ccc5c(c4)C(C)(C)c4ccccc4-5)c4ccccc4-c4ccccc4)cc2)cc1C31c2cccnc2-c2ncccc21. The summed E-state index contributed by atoms with van der Waals surface area (Å²) in [7, 11) is 0. The molecule has 4 nitrogen and oxygen atoms in total. The van der Waals surface area contributed by atoms with Gasteiger partial charge in [0, 0.05) is 45.5 Å². The molecule has 0 bridgehead atoms. The van der Waals surface area contributed by atoms with Crippen LogP contribution in [0, 0.1) is 13.8 Å². The second-order valence-electron chi connectivity index (χ2n) is 19.5. The molecule has 68 heavy (non-hydrogen) atoms. The molecule has 0 fully saturated rings. The van der Waals surface area contributed by atoms with Crippen LogP contribution in [0.3, 0.4) is 0 Å². The first-order valence-electron chi connectivity index (χ1n) is 23.7. The zero-order valence-electron chi connectivity index (χ0n) is 38.4. The molecule has 4 heterocycles. The van der Waals surface area contributed by atoms with Crippen LogP contribution in [0.15, 0.2) is 207 Å². The third kappa shape index (κ3) is 5.20. The summed E-state index contributed by atoms with van der Waals surface area (Å²) in [5.41, 5.74) is 25.5. The van der Waals surface area contributed by atoms with Gasteiger partial charge in [-0.1, -0.05) is 146 Å². The molecule has 2 aliphatic carbocycles. The first-order chi connectivity index (χ1) is 33.3. The van der Waals surface area contributed by atoms with Gasteiger partial charge in [0.05, 0.1) is 39.2 Å². The second kappa shape index (κ2) is 14.1. The molecule has 0 radical (unpaired) electrons. The summed E-state index contributed by atoms with van der Waals surface area (Å²) < 4.78 is 2.52. The van der Waals surface area contributed by atoms with Gasteiger partial charge in [-0.25, -0.2) is 0 Å². The Balaban J connectivity index is 0.974. The number of rotatable bonds is 5. The number of para-hydroxylation sites is 1. The highest BCUT2D eigenvalue weighted by Gasteiger charge is 2.52. The molecule has 4 heteroatoms. The number of pyridine rings is 2. The first kappa shape index (κ1) is 38.9. The lowest BCUT2D eigenvalue weighted by molar-refractivity contribution is 0.660. The number of aryl methyl sites for hydroxylation is 2. The van der Waals surface area contributed by atoms with E-state index in [2.05, 4.69) is 231 Å². The van der Waals surface area contributed by atoms with Crippen molar-refractivity contribution in [3.63, 3.8) is 0 Å². The number of hydrogen-bond acceptors (Lipinski definition) is 3. The van der Waals surface area contributed by atoms with Crippen molar-refractivity contribution in [3.8, 4) is 50.5 Å². The van der Waals surface area contributed by atoms with Crippen molar-refractivity contribution in [2.24, 2.45) is 0 Å². The Labute approximate surface area is 396 Å². The van der Waals surface area contributed by atoms with Gasteiger partial charge in [0.2, 0.25) is 0 Å². The molecule has 322 valence electrons. The molecule has 0 atom stereocenters. The van der Waals surface area contributed by atoms with Crippen LogP contribution in [0.25, 0.3) is 72.3 Å². The maximum Gasteiger partial charge on any atom is 0.0937 e. The van der Waals surface area contributed by atoms with Gasteiger partial charge < -0.3 is 9.47 Å². The smallest absolute Gasteiger partial charge is 0.0937 e. The minimum Gasteiger partial charge on any atom is -0.310 e. The molecule has 0 N–H and O–H groups in total. The van der Waals surface area contributed by atoms with Crippen LogP contribution < -0.4 is 4.90 Å². The van der Waals surface area contributed by atoms with E-state index >= 15 is 0 Å². The maximum atomic E-state index is 5.07. The van der Waals surface area contributed by atoms with Gasteiger partial charge in [0.1, 0.15) is 0 Å². The first-order valence-corrected chi connectivity index (χ1v) is 23.7. The van der Waals surface area contributed by atoms with E-state index in [1.54, 1.807) is 0 Å². The lowest BCUT2D eigenvalue weighted by atomic mass is 9.65. The van der Waals surface area contributed by atoms with Gasteiger partial charge in [0.15, 0.2) is 0 Å². The average Bonchev–Trinajstić information content (AvgIpc) is 3.94. The number of aromatic nitrogens is 3. The van der Waals surface area contributed by atoms with Crippen LogP contribution in [0.2, 0.25) is 0 Å². The highest BCUT2D eigenvalue weighted by molar-refractivity contribution is 6.13. The fourth-order valence-electron chi connectivity index (χ4n) is 12.4. The van der Waals surface area contributed by atoms with Crippen LogP contribution in [0.4, 0.5) is 17.1 Å². The van der Waals surface area contributed by atoms with Crippen molar-refractivity contribution in [1.82, 2.24) is 14.5 Å². The zero-order chi connectivity index (χ0) is 45.5. The lowest BCUT2D eigenvalue weighted by Crippen LogP contribution is -2.33. The van der Waals surface area contributed by atoms with E-state index in [1.807, 2.05) is 12.4 Å². The Kier molecular flexibility index (Phi) is 8.06. The van der Waals surface area contributed by atoms with Crippen molar-refractivity contribution in [2.75, 3.05) is 4.90 Å². The molecule has 1 aliphatic heterocycles. The molecule has 0 saturated carbocycles. The average molecular weight is 871 g/mol. The molecule has 0 saturated heterocycles. The molecule has 11 aromatic rings. The Morgan fingerprint density at radius 2 is 1.07 bits per heavy atom. The summed E-state index contributed by atoms with van der Waals surface area (Å²) in [5.74, 6) is 0. The van der Waals surface area contributed by atoms with Crippen LogP contribution in [0.1, 0.15) is 58.4 Å². The number of hydrogen-bond donors (Lipinski definition) is 0. The van der Waals surface area contributed by atoms with E-state index in [0.717, 1.165) is 39.6 Å². The van der Waals surface area contributed by atoms with Crippen molar-refractivity contribution >= 4 is 38.9 Å². The maximum absolute atomic E-state index is 5.07. The molecule has 0 amide bonds. The van der Waals surface area contributed by atoms with E-state index in [1.165, 1.54) is 94.3 Å². The van der Waals surface area contributed by atoms with Crippen molar-refractivity contribution < 1.29 is 0 Å². The van der Waals surface area contributed by atoms with E-state index in [9.17, 15) is 0 Å². The highest BCUT2D eigenvalue weighted by atomic mass is 15.1. The molecule has 14 rings (SSSR count). The minimum atomic E-state index is -0.638. The standard InChI is InChI=1S/C64H46N4/c1-39-22-30-58-49(34-39)50-35-40(2)36-56-62(50)68(58)59-31-25-43(37-55(59)64(56)52-19-12-32-65-60(52)61-53(64)20-13-33-66-61)41-23-26-44(27-24-41)67(57-21-11-9-16-46(57)42-14-6-5-7-15-42)45-28-29-48-47-17-8-10-18-51(47)63(3,4)54(48)38-45/h5-38H,1-4H3. The van der Waals surface area contributed by atoms with Crippen molar-refractivity contribution in [1.29, 1.82) is 0 Å². The quantitative estimate of drug-likeness (QED) is 0.173. The Morgan fingerprint density at radius 3 is 1.85 bits per heavy atom. The van der Waals surface area contributed by atoms with Gasteiger partial charge in [-0.15, -0.1) is 0 Å². The fraction of sp³-hybridized carbons (Fsp3) is 0.0938. The molecular formula is C64H46N4. The van der Waals surface area contributed by atoms with E-state index < -0.39 is 5.41 Å². The van der Waals surface area contributed by atoms with E-state index in [-0.39, 0.29) is 5.41 Å². The minimum absolute atomic E-state index is 0.135. The van der Waals surface area contributed by atoms with E-state index in [4.69, 9.17) is 9.97 Å². The van der Waals surface area contributed by atoms with Crippen molar-refractivity contribution in [2.45, 2.75) is 38.5 Å². The molecular weight excluding hydrogens is 825 g/mol. The Hall–Kier alpha value is -8.34. The number of anilines is 3. The number of fused-ring (bicyclic) bond motifs is 15. The van der Waals surface area contributed by atoms with Gasteiger partial charge in [-0.05, 0) is 148 Å². The summed E-state index contributed by atoms with van der Waals surface area (Å²) in [5, 5.41) is 2.55. The summed E-state index contributed by atoms with van der Waals surface area (Å²) in [6, 6.07) is 72.3. The van der Waals surface area contributed by atoms with Gasteiger partial charge in [0.25, 0.3) is 0 Å². The normalized spacial score (nSPS) is 14.1. The van der Waals surface area contributed by atoms with Gasteiger partial charge >= 0.3 is 0 Å². The third-order valence-electron chi connectivity index (χ3n) is 15.4. The Morgan fingerprint density at radius 1 is 0.426 bits per heavy atom. The zero-order valence-corrected chi connectivity index (χ0v) is 38.4. The fourth-order valence-corrected chi connectivity index (χ4v) is 12.4. The Bertz CT molecular complexity index is 3870. The third-order valence-corrected chi connectivity index (χ3v) is 15.4. The number of nitrogens with zero attached hydrogens (tertiary/aromatic N) is 4. The molecule has 1 spiro atoms. The molecule has 3 aliphatic rings. The second-order valence-corrected chi connectivity index (χ2v) is 19.5. The summed E-state index contributed by atoms with van der Waals surface area (Å²) in [6.45, 7) is 9.15. The largest absolute Gasteiger partial charge is 0.310 e. The molecule has 0 unspecified atom stereocenters. The highest BCUT2D eigenvalue weighted by Crippen LogP contribution is 2.61. The van der Waals surface area contributed by atoms with Crippen LogP contribution in [0.5, 0.6) is 0 Å². The van der Waals surface area contributed by atoms with Gasteiger partial charge in [-0.2, -0.15) is 0 Å². The summed E-state index contributed by atoms with van der Waals surface area (Å²) in [4.78, 5) is 12.6. The van der Waals surface area contributed by atoms with Gasteiger partial charge in [-0.3, -0.25) is 9.97 Å². The predicted molar refractivity (Wildman–Crippen MR) is 280 cm³/mol. The van der Waals surface area contributed by atoms with Crippen molar-refractivity contribution in [3.05, 3.63) is 251 Å². The summed E-state index contributed by atoms with van der Waals surface area (Å²) in [6.07, 6.45) is 3.82. The molecule has 8 aromatic carbocycles. The van der Waals surface area contributed by atoms with Crippen LogP contribution >= 0.6 is 0 Å². The topological polar surface area (TPSA) is 34.0 Å². The number of benzene rings is 8. The summed E-state index contributed by atoms with van der Waals surface area (Å²) >= 11 is 0. The molecule has 3 aromatic heterocycles. The van der Waals surface area contributed by atoms with Crippen LogP contribution in [-0.4, -0.2) is 14.5 Å². The van der Waals surface area contributed by atoms with E-state index in [0.29, 0.717) is 0 Å². The lowest BCUT2D eigenvalue weighted by Gasteiger charge is -2.39. The predicted octanol–water partition coefficient (Wildman–Crippen LogP) is 16.0.